The van der Waals surface area contributed by atoms with E-state index in [-0.39, 0.29) is 0 Å². The Hall–Kier alpha value is -1.28. The van der Waals surface area contributed by atoms with Crippen molar-refractivity contribution in [3.8, 4) is 0 Å². The van der Waals surface area contributed by atoms with Crippen LogP contribution < -0.4 is 5.32 Å². The first-order valence-electron chi connectivity index (χ1n) is 7.07. The maximum Gasteiger partial charge on any atom is 0.0501 e. The van der Waals surface area contributed by atoms with Crippen molar-refractivity contribution < 1.29 is 0 Å². The number of hydrogen-bond acceptors (Lipinski definition) is 1. The van der Waals surface area contributed by atoms with Crippen molar-refractivity contribution in [2.75, 3.05) is 6.54 Å². The van der Waals surface area contributed by atoms with Gasteiger partial charge < -0.3 is 9.88 Å². The fourth-order valence-electron chi connectivity index (χ4n) is 3.35. The number of rotatable bonds is 2. The van der Waals surface area contributed by atoms with Gasteiger partial charge in [-0.05, 0) is 37.4 Å². The summed E-state index contributed by atoms with van der Waals surface area (Å²) < 4.78 is 2.50. The summed E-state index contributed by atoms with van der Waals surface area (Å²) in [5.41, 5.74) is 4.50. The third kappa shape index (κ3) is 1.59. The molecule has 1 aliphatic heterocycles. The summed E-state index contributed by atoms with van der Waals surface area (Å²) in [4.78, 5) is 0. The number of aryl methyl sites for hydroxylation is 1. The van der Waals surface area contributed by atoms with Crippen LogP contribution in [0.1, 0.15) is 38.1 Å². The van der Waals surface area contributed by atoms with Crippen molar-refractivity contribution in [3.05, 3.63) is 35.5 Å². The van der Waals surface area contributed by atoms with Crippen LogP contribution in [0.2, 0.25) is 0 Å². The molecule has 2 heteroatoms. The summed E-state index contributed by atoms with van der Waals surface area (Å²) in [6.07, 6.45) is 1.16. The number of aromatic nitrogens is 1. The molecule has 0 saturated heterocycles. The van der Waals surface area contributed by atoms with Gasteiger partial charge in [0.1, 0.15) is 0 Å². The molecule has 0 fully saturated rings. The van der Waals surface area contributed by atoms with Crippen LogP contribution in [0.3, 0.4) is 0 Å². The maximum absolute atomic E-state index is 3.69. The first-order chi connectivity index (χ1) is 8.74. The van der Waals surface area contributed by atoms with E-state index >= 15 is 0 Å². The third-order valence-corrected chi connectivity index (χ3v) is 4.14. The summed E-state index contributed by atoms with van der Waals surface area (Å²) >= 11 is 0. The predicted molar refractivity (Wildman–Crippen MR) is 76.9 cm³/mol. The molecule has 2 heterocycles. The van der Waals surface area contributed by atoms with Gasteiger partial charge in [0.15, 0.2) is 0 Å². The second kappa shape index (κ2) is 4.43. The number of nitrogens with one attached hydrogen (secondary N) is 1. The predicted octanol–water partition coefficient (Wildman–Crippen LogP) is 3.50. The number of para-hydroxylation sites is 1. The van der Waals surface area contributed by atoms with Gasteiger partial charge in [-0.15, -0.1) is 0 Å². The highest BCUT2D eigenvalue weighted by molar-refractivity contribution is 5.86. The summed E-state index contributed by atoms with van der Waals surface area (Å²) in [5.74, 6) is 0.638. The Balaban J connectivity index is 2.31. The van der Waals surface area contributed by atoms with E-state index < -0.39 is 0 Å². The third-order valence-electron chi connectivity index (χ3n) is 4.14. The Morgan fingerprint density at radius 2 is 2.11 bits per heavy atom. The molecule has 2 nitrogen and oxygen atoms in total. The zero-order valence-corrected chi connectivity index (χ0v) is 11.5. The minimum atomic E-state index is 0.501. The van der Waals surface area contributed by atoms with Crippen LogP contribution in [0.15, 0.2) is 24.3 Å². The SMILES string of the molecule is CCn1c2c(c3ccccc31)CCNC2C(C)C. The smallest absolute Gasteiger partial charge is 0.0501 e. The van der Waals surface area contributed by atoms with Crippen LogP contribution in [-0.4, -0.2) is 11.1 Å². The molecular weight excluding hydrogens is 220 g/mol. The van der Waals surface area contributed by atoms with Gasteiger partial charge in [0.05, 0.1) is 6.04 Å². The van der Waals surface area contributed by atoms with E-state index in [2.05, 4.69) is 54.9 Å². The molecule has 0 bridgehead atoms. The lowest BCUT2D eigenvalue weighted by Gasteiger charge is -2.29. The van der Waals surface area contributed by atoms with Gasteiger partial charge in [0.2, 0.25) is 0 Å². The average molecular weight is 242 g/mol. The zero-order valence-electron chi connectivity index (χ0n) is 11.5. The molecule has 96 valence electrons. The Morgan fingerprint density at radius 3 is 2.83 bits per heavy atom. The van der Waals surface area contributed by atoms with Crippen molar-refractivity contribution in [2.24, 2.45) is 5.92 Å². The van der Waals surface area contributed by atoms with E-state index in [4.69, 9.17) is 0 Å². The van der Waals surface area contributed by atoms with E-state index in [1.54, 1.807) is 5.56 Å². The van der Waals surface area contributed by atoms with Gasteiger partial charge in [-0.2, -0.15) is 0 Å². The van der Waals surface area contributed by atoms with Crippen LogP contribution in [0.25, 0.3) is 10.9 Å². The summed E-state index contributed by atoms with van der Waals surface area (Å²) in [7, 11) is 0. The molecule has 0 spiro atoms. The van der Waals surface area contributed by atoms with Crippen molar-refractivity contribution in [1.29, 1.82) is 0 Å². The highest BCUT2D eigenvalue weighted by Crippen LogP contribution is 2.36. The molecule has 1 unspecified atom stereocenters. The molecule has 1 N–H and O–H groups in total. The normalized spacial score (nSPS) is 19.4. The second-order valence-electron chi connectivity index (χ2n) is 5.55. The van der Waals surface area contributed by atoms with Crippen molar-refractivity contribution in [2.45, 2.75) is 39.8 Å². The standard InChI is InChI=1S/C16H22N2/c1-4-18-14-8-6-5-7-12(14)13-9-10-17-15(11(2)3)16(13)18/h5-8,11,15,17H,4,9-10H2,1-3H3. The Bertz CT molecular complexity index is 533. The van der Waals surface area contributed by atoms with Crippen molar-refractivity contribution in [3.63, 3.8) is 0 Å². The topological polar surface area (TPSA) is 17.0 Å². The van der Waals surface area contributed by atoms with Crippen LogP contribution in [0.4, 0.5) is 0 Å². The highest BCUT2D eigenvalue weighted by atomic mass is 15.1. The summed E-state index contributed by atoms with van der Waals surface area (Å²) in [6, 6.07) is 9.35. The van der Waals surface area contributed by atoms with Crippen LogP contribution >= 0.6 is 0 Å². The maximum atomic E-state index is 3.69. The van der Waals surface area contributed by atoms with Gasteiger partial charge >= 0.3 is 0 Å². The van der Waals surface area contributed by atoms with Gasteiger partial charge in [0.25, 0.3) is 0 Å². The van der Waals surface area contributed by atoms with Gasteiger partial charge in [-0.3, -0.25) is 0 Å². The minimum Gasteiger partial charge on any atom is -0.343 e. The molecule has 18 heavy (non-hydrogen) atoms. The molecule has 1 aromatic heterocycles. The molecule has 1 atom stereocenters. The van der Waals surface area contributed by atoms with Gasteiger partial charge in [-0.25, -0.2) is 0 Å². The highest BCUT2D eigenvalue weighted by Gasteiger charge is 2.28. The minimum absolute atomic E-state index is 0.501. The number of benzene rings is 1. The lowest BCUT2D eigenvalue weighted by molar-refractivity contribution is 0.376. The van der Waals surface area contributed by atoms with Crippen molar-refractivity contribution in [1.82, 2.24) is 9.88 Å². The second-order valence-corrected chi connectivity index (χ2v) is 5.55. The monoisotopic (exact) mass is 242 g/mol. The lowest BCUT2D eigenvalue weighted by Crippen LogP contribution is -2.34. The molecule has 0 saturated carbocycles. The van der Waals surface area contributed by atoms with Gasteiger partial charge in [-0.1, -0.05) is 32.0 Å². The first kappa shape index (κ1) is 11.8. The fourth-order valence-corrected chi connectivity index (χ4v) is 3.35. The summed E-state index contributed by atoms with van der Waals surface area (Å²) in [6.45, 7) is 9.03. The van der Waals surface area contributed by atoms with Crippen LogP contribution in [0.5, 0.6) is 0 Å². The van der Waals surface area contributed by atoms with E-state index in [9.17, 15) is 0 Å². The van der Waals surface area contributed by atoms with Crippen LogP contribution in [0, 0.1) is 5.92 Å². The van der Waals surface area contributed by atoms with Gasteiger partial charge in [0, 0.05) is 23.1 Å². The number of fused-ring (bicyclic) bond motifs is 3. The number of hydrogen-bond donors (Lipinski definition) is 1. The Kier molecular flexibility index (Phi) is 2.90. The van der Waals surface area contributed by atoms with Crippen molar-refractivity contribution >= 4 is 10.9 Å². The number of nitrogens with zero attached hydrogens (tertiary/aromatic N) is 1. The lowest BCUT2D eigenvalue weighted by atomic mass is 9.92. The molecule has 0 radical (unpaired) electrons. The first-order valence-corrected chi connectivity index (χ1v) is 7.07. The Morgan fingerprint density at radius 1 is 1.33 bits per heavy atom. The Labute approximate surface area is 109 Å². The fraction of sp³-hybridized carbons (Fsp3) is 0.500. The largest absolute Gasteiger partial charge is 0.343 e. The molecule has 0 aliphatic carbocycles. The molecule has 2 aromatic rings. The van der Waals surface area contributed by atoms with E-state index in [0.717, 1.165) is 19.5 Å². The molecule has 3 rings (SSSR count). The summed E-state index contributed by atoms with van der Waals surface area (Å²) in [5, 5.41) is 5.15. The molecule has 1 aromatic carbocycles. The quantitative estimate of drug-likeness (QED) is 0.853. The van der Waals surface area contributed by atoms with Crippen LogP contribution in [-0.2, 0) is 13.0 Å². The molecule has 1 aliphatic rings. The molecule has 0 amide bonds. The zero-order chi connectivity index (χ0) is 12.7. The average Bonchev–Trinajstić information content (AvgIpc) is 2.72. The van der Waals surface area contributed by atoms with E-state index in [0.29, 0.717) is 12.0 Å². The molecular formula is C16H22N2. The van der Waals surface area contributed by atoms with E-state index in [1.807, 2.05) is 0 Å². The van der Waals surface area contributed by atoms with E-state index in [1.165, 1.54) is 16.6 Å².